The lowest BCUT2D eigenvalue weighted by atomic mass is 10.1. The lowest BCUT2D eigenvalue weighted by molar-refractivity contribution is -0.0721. The van der Waals surface area contributed by atoms with Gasteiger partial charge >= 0.3 is 0 Å². The summed E-state index contributed by atoms with van der Waals surface area (Å²) in [4.78, 5) is 6.85. The van der Waals surface area contributed by atoms with Crippen LogP contribution in [0, 0.1) is 6.92 Å². The first-order valence-electron chi connectivity index (χ1n) is 11.1. The molecule has 3 rings (SSSR count). The van der Waals surface area contributed by atoms with Crippen LogP contribution < -0.4 is 5.32 Å². The normalized spacial score (nSPS) is 20.7. The highest BCUT2D eigenvalue weighted by atomic mass is 127. The fourth-order valence-electron chi connectivity index (χ4n) is 3.86. The Morgan fingerprint density at radius 2 is 1.97 bits per heavy atom. The number of guanidine groups is 1. The lowest BCUT2D eigenvalue weighted by Crippen LogP contribution is -2.47. The summed E-state index contributed by atoms with van der Waals surface area (Å²) >= 11 is 1.96. The summed E-state index contributed by atoms with van der Waals surface area (Å²) in [6, 6.07) is 8.82. The Morgan fingerprint density at radius 1 is 1.20 bits per heavy atom. The maximum Gasteiger partial charge on any atom is 0.193 e. The molecule has 2 fully saturated rings. The third-order valence-corrected chi connectivity index (χ3v) is 6.69. The molecule has 7 heteroatoms. The molecule has 1 aromatic carbocycles. The van der Waals surface area contributed by atoms with E-state index >= 15 is 0 Å². The molecule has 1 aromatic rings. The smallest absolute Gasteiger partial charge is 0.193 e. The van der Waals surface area contributed by atoms with Crippen molar-refractivity contribution in [3.63, 3.8) is 0 Å². The van der Waals surface area contributed by atoms with Gasteiger partial charge in [0.05, 0.1) is 18.8 Å². The highest BCUT2D eigenvalue weighted by molar-refractivity contribution is 14.0. The van der Waals surface area contributed by atoms with E-state index in [1.165, 1.54) is 24.0 Å². The monoisotopic (exact) mass is 547 g/mol. The van der Waals surface area contributed by atoms with Crippen LogP contribution >= 0.6 is 35.7 Å². The molecule has 0 amide bonds. The van der Waals surface area contributed by atoms with Crippen LogP contribution in [0.4, 0.5) is 0 Å². The predicted molar refractivity (Wildman–Crippen MR) is 138 cm³/mol. The Labute approximate surface area is 203 Å². The molecule has 1 atom stereocenters. The van der Waals surface area contributed by atoms with Crippen molar-refractivity contribution in [1.82, 2.24) is 10.2 Å². The first-order chi connectivity index (χ1) is 14.2. The molecule has 1 unspecified atom stereocenters. The fourth-order valence-corrected chi connectivity index (χ4v) is 4.68. The van der Waals surface area contributed by atoms with Crippen LogP contribution in [-0.4, -0.2) is 68.7 Å². The van der Waals surface area contributed by atoms with Gasteiger partial charge in [0.25, 0.3) is 0 Å². The second kappa shape index (κ2) is 14.5. The molecule has 0 bridgehead atoms. The topological polar surface area (TPSA) is 46.1 Å². The molecule has 0 spiro atoms. The van der Waals surface area contributed by atoms with Crippen molar-refractivity contribution < 1.29 is 9.47 Å². The highest BCUT2D eigenvalue weighted by Crippen LogP contribution is 2.18. The number of halogens is 1. The van der Waals surface area contributed by atoms with E-state index in [1.807, 2.05) is 18.8 Å². The number of likely N-dealkylation sites (tertiary alicyclic amines) is 1. The van der Waals surface area contributed by atoms with E-state index in [4.69, 9.17) is 9.47 Å². The Kier molecular flexibility index (Phi) is 12.5. The van der Waals surface area contributed by atoms with E-state index in [-0.39, 0.29) is 24.0 Å². The van der Waals surface area contributed by atoms with E-state index in [9.17, 15) is 0 Å². The van der Waals surface area contributed by atoms with Gasteiger partial charge in [0.15, 0.2) is 5.96 Å². The molecule has 2 aliphatic heterocycles. The Bertz CT molecular complexity index is 615. The minimum Gasteiger partial charge on any atom is -0.376 e. The maximum atomic E-state index is 6.13. The van der Waals surface area contributed by atoms with Crippen molar-refractivity contribution >= 4 is 41.7 Å². The molecular formula is C23H38IN3O2S. The van der Waals surface area contributed by atoms with Gasteiger partial charge in [-0.1, -0.05) is 29.8 Å². The maximum absolute atomic E-state index is 6.13. The molecule has 5 nitrogen and oxygen atoms in total. The molecule has 0 saturated carbocycles. The third-order valence-electron chi connectivity index (χ3n) is 5.66. The number of thioether (sulfide) groups is 1. The molecule has 2 heterocycles. The van der Waals surface area contributed by atoms with Crippen molar-refractivity contribution in [2.45, 2.75) is 57.0 Å². The zero-order chi connectivity index (χ0) is 20.3. The average Bonchev–Trinajstić information content (AvgIpc) is 2.77. The lowest BCUT2D eigenvalue weighted by Gasteiger charge is -2.35. The number of nitrogens with zero attached hydrogens (tertiary/aromatic N) is 2. The van der Waals surface area contributed by atoms with Crippen LogP contribution in [0.2, 0.25) is 0 Å². The molecule has 1 N–H and O–H groups in total. The van der Waals surface area contributed by atoms with Gasteiger partial charge in [-0.25, -0.2) is 0 Å². The van der Waals surface area contributed by atoms with E-state index in [0.717, 1.165) is 69.6 Å². The number of rotatable bonds is 8. The fraction of sp³-hybridized carbons (Fsp3) is 0.696. The van der Waals surface area contributed by atoms with E-state index in [0.29, 0.717) is 12.2 Å². The molecule has 170 valence electrons. The van der Waals surface area contributed by atoms with Crippen molar-refractivity contribution in [2.24, 2.45) is 4.99 Å². The van der Waals surface area contributed by atoms with Gasteiger partial charge in [0, 0.05) is 44.8 Å². The van der Waals surface area contributed by atoms with Gasteiger partial charge in [0.2, 0.25) is 0 Å². The summed E-state index contributed by atoms with van der Waals surface area (Å²) in [5, 5.41) is 3.53. The van der Waals surface area contributed by atoms with Crippen molar-refractivity contribution in [2.75, 3.05) is 45.6 Å². The Morgan fingerprint density at radius 3 is 2.63 bits per heavy atom. The first kappa shape index (κ1) is 25.7. The summed E-state index contributed by atoms with van der Waals surface area (Å²) in [6.45, 7) is 6.75. The van der Waals surface area contributed by atoms with Crippen LogP contribution in [0.5, 0.6) is 0 Å². The number of piperidine rings is 1. The first-order valence-corrected chi connectivity index (χ1v) is 12.2. The van der Waals surface area contributed by atoms with Crippen molar-refractivity contribution in [3.8, 4) is 0 Å². The molecule has 30 heavy (non-hydrogen) atoms. The van der Waals surface area contributed by atoms with Gasteiger partial charge in [-0.05, 0) is 44.6 Å². The summed E-state index contributed by atoms with van der Waals surface area (Å²) < 4.78 is 11.9. The van der Waals surface area contributed by atoms with Crippen molar-refractivity contribution in [3.05, 3.63) is 35.4 Å². The van der Waals surface area contributed by atoms with Gasteiger partial charge < -0.3 is 19.7 Å². The SMILES string of the molecule is CN=C(NCCSCc1ccc(C)cc1)N1CCC(OCC2CCCCO2)CC1.I. The predicted octanol–water partition coefficient (Wildman–Crippen LogP) is 4.47. The quantitative estimate of drug-likeness (QED) is 0.225. The minimum absolute atomic E-state index is 0. The van der Waals surface area contributed by atoms with E-state index in [1.54, 1.807) is 0 Å². The van der Waals surface area contributed by atoms with Gasteiger partial charge in [0.1, 0.15) is 0 Å². The molecule has 2 aliphatic rings. The van der Waals surface area contributed by atoms with E-state index < -0.39 is 0 Å². The van der Waals surface area contributed by atoms with E-state index in [2.05, 4.69) is 46.4 Å². The molecular weight excluding hydrogens is 509 g/mol. The second-order valence-electron chi connectivity index (χ2n) is 8.02. The van der Waals surface area contributed by atoms with Crippen LogP contribution in [-0.2, 0) is 15.2 Å². The number of hydrogen-bond acceptors (Lipinski definition) is 4. The van der Waals surface area contributed by atoms with Crippen molar-refractivity contribution in [1.29, 1.82) is 0 Å². The van der Waals surface area contributed by atoms with Crippen LogP contribution in [0.3, 0.4) is 0 Å². The summed E-state index contributed by atoms with van der Waals surface area (Å²) in [7, 11) is 1.88. The minimum atomic E-state index is 0. The Balaban J connectivity index is 0.00000320. The zero-order valence-corrected chi connectivity index (χ0v) is 21.6. The number of benzene rings is 1. The molecule has 0 radical (unpaired) electrons. The molecule has 2 saturated heterocycles. The molecule has 0 aromatic heterocycles. The highest BCUT2D eigenvalue weighted by Gasteiger charge is 2.23. The number of aliphatic imine (C=N–C) groups is 1. The number of ether oxygens (including phenoxy) is 2. The Hall–Kier alpha value is -0.510. The van der Waals surface area contributed by atoms with Gasteiger partial charge in [-0.2, -0.15) is 11.8 Å². The van der Waals surface area contributed by atoms with Gasteiger partial charge in [-0.3, -0.25) is 4.99 Å². The van der Waals surface area contributed by atoms with Crippen LogP contribution in [0.15, 0.2) is 29.3 Å². The third kappa shape index (κ3) is 8.93. The average molecular weight is 548 g/mol. The van der Waals surface area contributed by atoms with Crippen LogP contribution in [0.25, 0.3) is 0 Å². The largest absolute Gasteiger partial charge is 0.376 e. The van der Waals surface area contributed by atoms with Crippen LogP contribution in [0.1, 0.15) is 43.2 Å². The summed E-state index contributed by atoms with van der Waals surface area (Å²) in [5.41, 5.74) is 2.71. The summed E-state index contributed by atoms with van der Waals surface area (Å²) in [6.07, 6.45) is 6.43. The number of nitrogens with one attached hydrogen (secondary N) is 1. The van der Waals surface area contributed by atoms with Gasteiger partial charge in [-0.15, -0.1) is 24.0 Å². The number of hydrogen-bond donors (Lipinski definition) is 1. The number of aryl methyl sites for hydroxylation is 1. The summed E-state index contributed by atoms with van der Waals surface area (Å²) in [5.74, 6) is 3.16. The molecule has 0 aliphatic carbocycles. The zero-order valence-electron chi connectivity index (χ0n) is 18.5. The standard InChI is InChI=1S/C23H37N3O2S.HI/c1-19-6-8-20(9-7-19)18-29-16-12-25-23(24-2)26-13-10-21(11-14-26)28-17-22-5-3-4-15-27-22;/h6-9,21-22H,3-5,10-18H2,1-2H3,(H,24,25);1H. The second-order valence-corrected chi connectivity index (χ2v) is 9.13.